The summed E-state index contributed by atoms with van der Waals surface area (Å²) >= 11 is 0. The van der Waals surface area contributed by atoms with E-state index in [4.69, 9.17) is 9.52 Å². The lowest BCUT2D eigenvalue weighted by atomic mass is 9.62. The van der Waals surface area contributed by atoms with Crippen molar-refractivity contribution < 1.29 is 14.3 Å². The van der Waals surface area contributed by atoms with Crippen molar-refractivity contribution >= 4 is 12.0 Å². The van der Waals surface area contributed by atoms with Crippen molar-refractivity contribution in [2.75, 3.05) is 0 Å². The molecule has 3 nitrogen and oxygen atoms in total. The summed E-state index contributed by atoms with van der Waals surface area (Å²) in [6.45, 7) is 9.45. The van der Waals surface area contributed by atoms with Crippen LogP contribution in [0.4, 0.5) is 0 Å². The second kappa shape index (κ2) is 6.65. The van der Waals surface area contributed by atoms with Crippen LogP contribution in [0.2, 0.25) is 0 Å². The molecule has 1 aromatic carbocycles. The molecule has 2 aliphatic rings. The minimum Gasteiger partial charge on any atom is -0.478 e. The smallest absolute Gasteiger partial charge is 0.328 e. The SMILES string of the molecule is CC1(C)CCC(C)(C)c2cc(C3CCCc4oc(C=CC(=O)O)cc43)ccc21. The molecule has 0 radical (unpaired) electrons. The zero-order valence-corrected chi connectivity index (χ0v) is 17.3. The molecule has 1 heterocycles. The largest absolute Gasteiger partial charge is 0.478 e. The summed E-state index contributed by atoms with van der Waals surface area (Å²) in [5.41, 5.74) is 5.99. The highest BCUT2D eigenvalue weighted by molar-refractivity contribution is 5.84. The van der Waals surface area contributed by atoms with Crippen LogP contribution in [-0.2, 0) is 22.0 Å². The fraction of sp³-hybridized carbons (Fsp3) is 0.480. The molecule has 0 amide bonds. The van der Waals surface area contributed by atoms with Crippen molar-refractivity contribution in [1.82, 2.24) is 0 Å². The molecule has 1 N–H and O–H groups in total. The highest BCUT2D eigenvalue weighted by atomic mass is 16.4. The lowest BCUT2D eigenvalue weighted by Crippen LogP contribution is -2.34. The summed E-state index contributed by atoms with van der Waals surface area (Å²) in [4.78, 5) is 10.8. The van der Waals surface area contributed by atoms with Gasteiger partial charge < -0.3 is 9.52 Å². The van der Waals surface area contributed by atoms with Gasteiger partial charge in [0.05, 0.1) is 0 Å². The van der Waals surface area contributed by atoms with Gasteiger partial charge in [0.15, 0.2) is 0 Å². The van der Waals surface area contributed by atoms with Crippen molar-refractivity contribution in [2.24, 2.45) is 0 Å². The van der Waals surface area contributed by atoms with Gasteiger partial charge in [0.2, 0.25) is 0 Å². The van der Waals surface area contributed by atoms with E-state index in [0.29, 0.717) is 11.7 Å². The van der Waals surface area contributed by atoms with Crippen LogP contribution in [0, 0.1) is 0 Å². The summed E-state index contributed by atoms with van der Waals surface area (Å²) in [6, 6.07) is 9.13. The number of carboxylic acid groups (broad SMARTS) is 1. The Morgan fingerprint density at radius 2 is 1.82 bits per heavy atom. The molecule has 0 bridgehead atoms. The number of carboxylic acids is 1. The maximum absolute atomic E-state index is 10.8. The van der Waals surface area contributed by atoms with E-state index in [-0.39, 0.29) is 10.8 Å². The molecule has 1 atom stereocenters. The standard InChI is InChI=1S/C25H30O3/c1-24(2)12-13-25(3,4)21-14-16(8-10-20(21)24)18-6-5-7-22-19(18)15-17(28-22)9-11-23(26)27/h8-11,14-15,18H,5-7,12-13H2,1-4H3,(H,26,27). The topological polar surface area (TPSA) is 50.4 Å². The predicted octanol–water partition coefficient (Wildman–Crippen LogP) is 6.19. The highest BCUT2D eigenvalue weighted by Crippen LogP contribution is 2.48. The average molecular weight is 379 g/mol. The molecule has 0 spiro atoms. The molecule has 0 saturated heterocycles. The number of hydrogen-bond donors (Lipinski definition) is 1. The Bertz CT molecular complexity index is 943. The predicted molar refractivity (Wildman–Crippen MR) is 112 cm³/mol. The number of fused-ring (bicyclic) bond motifs is 2. The number of furan rings is 1. The second-order valence-corrected chi connectivity index (χ2v) is 9.72. The van der Waals surface area contributed by atoms with Gasteiger partial charge in [-0.2, -0.15) is 0 Å². The number of hydrogen-bond acceptors (Lipinski definition) is 2. The summed E-state index contributed by atoms with van der Waals surface area (Å²) in [5.74, 6) is 1.02. The molecule has 1 aromatic heterocycles. The molecule has 148 valence electrons. The van der Waals surface area contributed by atoms with Gasteiger partial charge in [-0.1, -0.05) is 45.9 Å². The zero-order valence-electron chi connectivity index (χ0n) is 17.3. The van der Waals surface area contributed by atoms with Gasteiger partial charge in [0, 0.05) is 24.0 Å². The monoisotopic (exact) mass is 378 g/mol. The van der Waals surface area contributed by atoms with Crippen LogP contribution in [0.3, 0.4) is 0 Å². The molecule has 2 aliphatic carbocycles. The maximum Gasteiger partial charge on any atom is 0.328 e. The lowest BCUT2D eigenvalue weighted by molar-refractivity contribution is -0.131. The van der Waals surface area contributed by atoms with E-state index in [2.05, 4.69) is 45.9 Å². The van der Waals surface area contributed by atoms with Crippen molar-refractivity contribution in [3.8, 4) is 0 Å². The fourth-order valence-electron chi connectivity index (χ4n) is 4.98. The fourth-order valence-corrected chi connectivity index (χ4v) is 4.98. The van der Waals surface area contributed by atoms with Crippen molar-refractivity contribution in [3.63, 3.8) is 0 Å². The first-order chi connectivity index (χ1) is 13.2. The Balaban J connectivity index is 1.75. The van der Waals surface area contributed by atoms with Gasteiger partial charge in [0.25, 0.3) is 0 Å². The van der Waals surface area contributed by atoms with Gasteiger partial charge in [-0.3, -0.25) is 0 Å². The molecule has 0 saturated carbocycles. The lowest BCUT2D eigenvalue weighted by Gasteiger charge is -2.42. The Morgan fingerprint density at radius 1 is 1.11 bits per heavy atom. The molecule has 2 aromatic rings. The minimum absolute atomic E-state index is 0.199. The van der Waals surface area contributed by atoms with Crippen LogP contribution < -0.4 is 0 Å². The first-order valence-electron chi connectivity index (χ1n) is 10.4. The molecule has 0 aliphatic heterocycles. The summed E-state index contributed by atoms with van der Waals surface area (Å²) in [6.07, 6.45) is 8.26. The van der Waals surface area contributed by atoms with E-state index < -0.39 is 5.97 Å². The number of rotatable bonds is 3. The molecule has 3 heteroatoms. The number of benzene rings is 1. The number of aryl methyl sites for hydroxylation is 1. The molecular weight excluding hydrogens is 348 g/mol. The highest BCUT2D eigenvalue weighted by Gasteiger charge is 2.37. The van der Waals surface area contributed by atoms with Crippen molar-refractivity contribution in [3.05, 3.63) is 64.1 Å². The van der Waals surface area contributed by atoms with E-state index in [0.717, 1.165) is 31.1 Å². The van der Waals surface area contributed by atoms with Crippen LogP contribution in [-0.4, -0.2) is 11.1 Å². The van der Waals surface area contributed by atoms with Crippen LogP contribution in [0.25, 0.3) is 6.08 Å². The Kier molecular flexibility index (Phi) is 4.52. The Labute approximate surface area is 167 Å². The molecule has 4 rings (SSSR count). The average Bonchev–Trinajstić information content (AvgIpc) is 3.07. The van der Waals surface area contributed by atoms with Gasteiger partial charge in [-0.25, -0.2) is 4.79 Å². The third-order valence-electron chi connectivity index (χ3n) is 6.80. The maximum atomic E-state index is 10.8. The van der Waals surface area contributed by atoms with E-state index in [1.165, 1.54) is 35.1 Å². The van der Waals surface area contributed by atoms with Gasteiger partial charge >= 0.3 is 5.97 Å². The number of aliphatic carboxylic acids is 1. The van der Waals surface area contributed by atoms with Gasteiger partial charge in [-0.15, -0.1) is 0 Å². The van der Waals surface area contributed by atoms with E-state index >= 15 is 0 Å². The van der Waals surface area contributed by atoms with Crippen LogP contribution in [0.15, 0.2) is 34.8 Å². The molecule has 1 unspecified atom stereocenters. The van der Waals surface area contributed by atoms with Gasteiger partial charge in [-0.05, 0) is 65.3 Å². The van der Waals surface area contributed by atoms with E-state index in [1.54, 1.807) is 6.08 Å². The van der Waals surface area contributed by atoms with Crippen molar-refractivity contribution in [1.29, 1.82) is 0 Å². The van der Waals surface area contributed by atoms with E-state index in [9.17, 15) is 4.79 Å². The first kappa shape index (κ1) is 19.0. The summed E-state index contributed by atoms with van der Waals surface area (Å²) < 4.78 is 5.94. The third kappa shape index (κ3) is 3.32. The Morgan fingerprint density at radius 3 is 2.54 bits per heavy atom. The quantitative estimate of drug-likeness (QED) is 0.647. The Hall–Kier alpha value is -2.29. The zero-order chi connectivity index (χ0) is 20.1. The molecule has 0 fully saturated rings. The molecule has 28 heavy (non-hydrogen) atoms. The summed E-state index contributed by atoms with van der Waals surface area (Å²) in [7, 11) is 0. The normalized spacial score (nSPS) is 22.6. The summed E-state index contributed by atoms with van der Waals surface area (Å²) in [5, 5.41) is 8.88. The second-order valence-electron chi connectivity index (χ2n) is 9.72. The van der Waals surface area contributed by atoms with E-state index in [1.807, 2.05) is 6.07 Å². The van der Waals surface area contributed by atoms with Crippen LogP contribution in [0.1, 0.15) is 93.1 Å². The first-order valence-corrected chi connectivity index (χ1v) is 10.4. The van der Waals surface area contributed by atoms with Gasteiger partial charge in [0.1, 0.15) is 11.5 Å². The van der Waals surface area contributed by atoms with Crippen molar-refractivity contribution in [2.45, 2.75) is 76.5 Å². The number of carbonyl (C=O) groups is 1. The molecular formula is C25H30O3. The third-order valence-corrected chi connectivity index (χ3v) is 6.80. The minimum atomic E-state index is -0.953. The van der Waals surface area contributed by atoms with Crippen LogP contribution in [0.5, 0.6) is 0 Å². The van der Waals surface area contributed by atoms with Crippen LogP contribution >= 0.6 is 0 Å².